The van der Waals surface area contributed by atoms with Gasteiger partial charge in [0.1, 0.15) is 6.04 Å². The maximum atomic E-state index is 12.0. The van der Waals surface area contributed by atoms with E-state index in [1.807, 2.05) is 0 Å². The van der Waals surface area contributed by atoms with Gasteiger partial charge < -0.3 is 25.4 Å². The van der Waals surface area contributed by atoms with Gasteiger partial charge in [-0.2, -0.15) is 0 Å². The largest absolute Gasteiger partial charge is 0.481 e. The smallest absolute Gasteiger partial charge is 0.315 e. The van der Waals surface area contributed by atoms with Crippen molar-refractivity contribution >= 4 is 17.9 Å². The fourth-order valence-corrected chi connectivity index (χ4v) is 1.89. The molecule has 114 valence electrons. The molecule has 0 spiro atoms. The summed E-state index contributed by atoms with van der Waals surface area (Å²) in [5.74, 6) is -1.16. The number of ether oxygens (including phenoxy) is 1. The predicted molar refractivity (Wildman–Crippen MR) is 70.2 cm³/mol. The molecule has 0 aromatic heterocycles. The van der Waals surface area contributed by atoms with Gasteiger partial charge >= 0.3 is 12.0 Å². The molecular formula is C12H21N3O5. The Labute approximate surface area is 117 Å². The number of urea groups is 1. The highest BCUT2D eigenvalue weighted by atomic mass is 16.5. The Morgan fingerprint density at radius 3 is 2.35 bits per heavy atom. The van der Waals surface area contributed by atoms with Gasteiger partial charge in [0.05, 0.1) is 19.6 Å². The first kappa shape index (κ1) is 16.2. The number of morpholine rings is 1. The van der Waals surface area contributed by atoms with Crippen molar-refractivity contribution in [1.82, 2.24) is 15.5 Å². The molecule has 8 heteroatoms. The number of carbonyl (C=O) groups excluding carboxylic acids is 2. The van der Waals surface area contributed by atoms with E-state index in [1.165, 1.54) is 0 Å². The molecule has 0 bridgehead atoms. The monoisotopic (exact) mass is 287 g/mol. The first-order chi connectivity index (χ1) is 9.40. The Morgan fingerprint density at radius 1 is 1.20 bits per heavy atom. The number of aliphatic carboxylic acids is 1. The highest BCUT2D eigenvalue weighted by Gasteiger charge is 2.24. The zero-order valence-corrected chi connectivity index (χ0v) is 11.7. The second-order valence-electron chi connectivity index (χ2n) is 4.78. The molecular weight excluding hydrogens is 266 g/mol. The van der Waals surface area contributed by atoms with Gasteiger partial charge in [0.15, 0.2) is 0 Å². The van der Waals surface area contributed by atoms with Crippen molar-refractivity contribution in [2.45, 2.75) is 32.4 Å². The molecule has 3 amide bonds. The predicted octanol–water partition coefficient (Wildman–Crippen LogP) is -0.604. The van der Waals surface area contributed by atoms with Crippen molar-refractivity contribution in [2.75, 3.05) is 26.3 Å². The molecule has 0 aromatic rings. The molecule has 1 heterocycles. The number of amides is 3. The van der Waals surface area contributed by atoms with Crippen LogP contribution < -0.4 is 10.6 Å². The highest BCUT2D eigenvalue weighted by Crippen LogP contribution is 2.00. The molecule has 0 radical (unpaired) electrons. The number of hydrogen-bond acceptors (Lipinski definition) is 4. The van der Waals surface area contributed by atoms with Gasteiger partial charge in [0, 0.05) is 19.1 Å². The normalized spacial score (nSPS) is 18.0. The molecule has 2 atom stereocenters. The summed E-state index contributed by atoms with van der Waals surface area (Å²) in [7, 11) is 0. The van der Waals surface area contributed by atoms with Crippen LogP contribution >= 0.6 is 0 Å². The van der Waals surface area contributed by atoms with Crippen LogP contribution in [0.5, 0.6) is 0 Å². The van der Waals surface area contributed by atoms with Crippen LogP contribution in [0.25, 0.3) is 0 Å². The van der Waals surface area contributed by atoms with Crippen molar-refractivity contribution in [3.8, 4) is 0 Å². The molecule has 20 heavy (non-hydrogen) atoms. The number of rotatable bonds is 5. The summed E-state index contributed by atoms with van der Waals surface area (Å²) < 4.78 is 5.15. The standard InChI is InChI=1S/C12H21N3O5/c1-8(7-10(16)17)13-12(19)14-9(2)11(18)15-3-5-20-6-4-15/h8-9H,3-7H2,1-2H3,(H,16,17)(H2,13,14,19). The van der Waals surface area contributed by atoms with Gasteiger partial charge in [-0.25, -0.2) is 4.79 Å². The summed E-state index contributed by atoms with van der Waals surface area (Å²) >= 11 is 0. The molecule has 8 nitrogen and oxygen atoms in total. The number of carboxylic acids is 1. The number of carbonyl (C=O) groups is 3. The third kappa shape index (κ3) is 5.43. The van der Waals surface area contributed by atoms with Crippen molar-refractivity contribution in [3.05, 3.63) is 0 Å². The van der Waals surface area contributed by atoms with E-state index in [1.54, 1.807) is 18.7 Å². The van der Waals surface area contributed by atoms with Gasteiger partial charge in [-0.05, 0) is 13.8 Å². The van der Waals surface area contributed by atoms with Crippen LogP contribution in [0.2, 0.25) is 0 Å². The summed E-state index contributed by atoms with van der Waals surface area (Å²) in [6.45, 7) is 5.21. The van der Waals surface area contributed by atoms with Crippen LogP contribution in [-0.2, 0) is 14.3 Å². The summed E-state index contributed by atoms with van der Waals surface area (Å²) in [5.41, 5.74) is 0. The van der Waals surface area contributed by atoms with E-state index in [9.17, 15) is 14.4 Å². The molecule has 2 unspecified atom stereocenters. The first-order valence-corrected chi connectivity index (χ1v) is 6.55. The Hall–Kier alpha value is -1.83. The fourth-order valence-electron chi connectivity index (χ4n) is 1.89. The SMILES string of the molecule is CC(CC(=O)O)NC(=O)NC(C)C(=O)N1CCOCC1. The van der Waals surface area contributed by atoms with E-state index < -0.39 is 24.1 Å². The molecule has 1 aliphatic rings. The number of carboxylic acid groups (broad SMARTS) is 1. The average Bonchev–Trinajstić information content (AvgIpc) is 2.37. The number of nitrogens with one attached hydrogen (secondary N) is 2. The lowest BCUT2D eigenvalue weighted by Crippen LogP contribution is -2.53. The van der Waals surface area contributed by atoms with Crippen molar-refractivity contribution in [1.29, 1.82) is 0 Å². The lowest BCUT2D eigenvalue weighted by molar-refractivity contribution is -0.138. The average molecular weight is 287 g/mol. The quantitative estimate of drug-likeness (QED) is 0.625. The minimum absolute atomic E-state index is 0.167. The molecule has 0 aromatic carbocycles. The minimum Gasteiger partial charge on any atom is -0.481 e. The van der Waals surface area contributed by atoms with Crippen LogP contribution in [0, 0.1) is 0 Å². The molecule has 3 N–H and O–H groups in total. The number of hydrogen-bond donors (Lipinski definition) is 3. The second-order valence-corrected chi connectivity index (χ2v) is 4.78. The molecule has 1 saturated heterocycles. The third-order valence-corrected chi connectivity index (χ3v) is 2.90. The van der Waals surface area contributed by atoms with Gasteiger partial charge in [0.25, 0.3) is 0 Å². The zero-order valence-electron chi connectivity index (χ0n) is 11.7. The molecule has 1 aliphatic heterocycles. The van der Waals surface area contributed by atoms with Crippen molar-refractivity contribution in [2.24, 2.45) is 0 Å². The Bertz CT molecular complexity index is 368. The number of nitrogens with zero attached hydrogens (tertiary/aromatic N) is 1. The maximum absolute atomic E-state index is 12.0. The Balaban J connectivity index is 2.36. The second kappa shape index (κ2) is 7.68. The highest BCUT2D eigenvalue weighted by molar-refractivity contribution is 5.87. The Kier molecular flexibility index (Phi) is 6.23. The maximum Gasteiger partial charge on any atom is 0.315 e. The molecule has 0 aliphatic carbocycles. The van der Waals surface area contributed by atoms with Gasteiger partial charge in [-0.3, -0.25) is 9.59 Å². The Morgan fingerprint density at radius 2 is 1.80 bits per heavy atom. The van der Waals surface area contributed by atoms with Gasteiger partial charge in [0.2, 0.25) is 5.91 Å². The lowest BCUT2D eigenvalue weighted by Gasteiger charge is -2.29. The van der Waals surface area contributed by atoms with E-state index in [0.717, 1.165) is 0 Å². The summed E-state index contributed by atoms with van der Waals surface area (Å²) in [6.07, 6.45) is -0.167. The van der Waals surface area contributed by atoms with E-state index in [-0.39, 0.29) is 12.3 Å². The van der Waals surface area contributed by atoms with Crippen molar-refractivity contribution in [3.63, 3.8) is 0 Å². The van der Waals surface area contributed by atoms with Crippen molar-refractivity contribution < 1.29 is 24.2 Å². The van der Waals surface area contributed by atoms with E-state index in [2.05, 4.69) is 10.6 Å². The topological polar surface area (TPSA) is 108 Å². The fraction of sp³-hybridized carbons (Fsp3) is 0.750. The van der Waals surface area contributed by atoms with Gasteiger partial charge in [-0.15, -0.1) is 0 Å². The lowest BCUT2D eigenvalue weighted by atomic mass is 10.2. The van der Waals surface area contributed by atoms with E-state index in [0.29, 0.717) is 26.3 Å². The van der Waals surface area contributed by atoms with Gasteiger partial charge in [-0.1, -0.05) is 0 Å². The van der Waals surface area contributed by atoms with Crippen LogP contribution in [-0.4, -0.2) is 66.3 Å². The third-order valence-electron chi connectivity index (χ3n) is 2.90. The molecule has 0 saturated carbocycles. The van der Waals surface area contributed by atoms with Crippen LogP contribution in [0.4, 0.5) is 4.79 Å². The summed E-state index contributed by atoms with van der Waals surface area (Å²) in [4.78, 5) is 35.8. The minimum atomic E-state index is -0.991. The zero-order chi connectivity index (χ0) is 15.1. The summed E-state index contributed by atoms with van der Waals surface area (Å²) in [6, 6.07) is -1.71. The van der Waals surface area contributed by atoms with E-state index >= 15 is 0 Å². The van der Waals surface area contributed by atoms with Crippen LogP contribution in [0.1, 0.15) is 20.3 Å². The van der Waals surface area contributed by atoms with E-state index in [4.69, 9.17) is 9.84 Å². The van der Waals surface area contributed by atoms with Crippen LogP contribution in [0.15, 0.2) is 0 Å². The summed E-state index contributed by atoms with van der Waals surface area (Å²) in [5, 5.41) is 13.6. The molecule has 1 rings (SSSR count). The van der Waals surface area contributed by atoms with Crippen LogP contribution in [0.3, 0.4) is 0 Å². The first-order valence-electron chi connectivity index (χ1n) is 6.55. The molecule has 1 fully saturated rings.